The van der Waals surface area contributed by atoms with Crippen LogP contribution >= 0.6 is 0 Å². The number of benzene rings is 2. The van der Waals surface area contributed by atoms with Gasteiger partial charge < -0.3 is 10.2 Å². The van der Waals surface area contributed by atoms with Gasteiger partial charge in [-0.25, -0.2) is 22.5 Å². The van der Waals surface area contributed by atoms with Gasteiger partial charge in [0.1, 0.15) is 34.7 Å². The molecule has 0 bridgehead atoms. The van der Waals surface area contributed by atoms with Gasteiger partial charge in [0.15, 0.2) is 5.65 Å². The Bertz CT molecular complexity index is 1540. The van der Waals surface area contributed by atoms with Crippen LogP contribution in [0.25, 0.3) is 16.7 Å². The molecule has 0 spiro atoms. The average molecular weight is 498 g/mol. The van der Waals surface area contributed by atoms with E-state index < -0.39 is 45.7 Å². The van der Waals surface area contributed by atoms with Crippen LogP contribution in [0.4, 0.5) is 23.4 Å². The van der Waals surface area contributed by atoms with E-state index in [1.807, 2.05) is 0 Å². The molecule has 10 heteroatoms. The predicted octanol–water partition coefficient (Wildman–Crippen LogP) is 4.67. The van der Waals surface area contributed by atoms with E-state index >= 15 is 0 Å². The van der Waals surface area contributed by atoms with E-state index in [0.717, 1.165) is 30.5 Å². The van der Waals surface area contributed by atoms with Crippen molar-refractivity contribution < 1.29 is 22.4 Å². The van der Waals surface area contributed by atoms with Crippen LogP contribution in [0.3, 0.4) is 0 Å². The lowest BCUT2D eigenvalue weighted by Gasteiger charge is -2.28. The maximum absolute atomic E-state index is 14.8. The minimum absolute atomic E-state index is 0.00754. The van der Waals surface area contributed by atoms with E-state index in [1.54, 1.807) is 25.1 Å². The van der Waals surface area contributed by atoms with Crippen molar-refractivity contribution in [3.8, 4) is 5.69 Å². The van der Waals surface area contributed by atoms with Gasteiger partial charge in [-0.05, 0) is 50.2 Å². The van der Waals surface area contributed by atoms with Crippen molar-refractivity contribution >= 4 is 22.8 Å². The average Bonchev–Trinajstić information content (AvgIpc) is 2.79. The van der Waals surface area contributed by atoms with Gasteiger partial charge in [0.2, 0.25) is 5.43 Å². The maximum Gasteiger partial charge on any atom is 0.257 e. The molecule has 36 heavy (non-hydrogen) atoms. The second kappa shape index (κ2) is 9.10. The third kappa shape index (κ3) is 4.41. The molecule has 2 aromatic carbocycles. The summed E-state index contributed by atoms with van der Waals surface area (Å²) >= 11 is 0. The fourth-order valence-corrected chi connectivity index (χ4v) is 3.97. The second-order valence-corrected chi connectivity index (χ2v) is 8.95. The summed E-state index contributed by atoms with van der Waals surface area (Å²) in [4.78, 5) is 32.7. The number of nitrogens with zero attached hydrogens (tertiary/aromatic N) is 3. The van der Waals surface area contributed by atoms with Crippen molar-refractivity contribution in [2.24, 2.45) is 0 Å². The summed E-state index contributed by atoms with van der Waals surface area (Å²) in [7, 11) is 3.45. The number of hydrogen-bond donors (Lipinski definition) is 1. The number of hydrogen-bond acceptors (Lipinski definition) is 4. The Morgan fingerprint density at radius 3 is 2.25 bits per heavy atom. The zero-order valence-corrected chi connectivity index (χ0v) is 19.9. The predicted molar refractivity (Wildman–Crippen MR) is 128 cm³/mol. The lowest BCUT2D eigenvalue weighted by Crippen LogP contribution is -2.44. The quantitative estimate of drug-likeness (QED) is 0.406. The number of nitrogens with one attached hydrogen (secondary N) is 1. The molecular formula is C26H22F4N4O2. The van der Waals surface area contributed by atoms with Crippen LogP contribution in [-0.2, 0) is 5.54 Å². The highest BCUT2D eigenvalue weighted by Gasteiger charge is 2.31. The molecule has 2 heterocycles. The summed E-state index contributed by atoms with van der Waals surface area (Å²) < 4.78 is 58.4. The lowest BCUT2D eigenvalue weighted by molar-refractivity contribution is 0.0908. The molecule has 1 amide bonds. The highest BCUT2D eigenvalue weighted by molar-refractivity contribution is 5.97. The Kier molecular flexibility index (Phi) is 6.30. The monoisotopic (exact) mass is 498 g/mol. The molecule has 0 aliphatic carbocycles. The number of aromatic nitrogens is 2. The minimum atomic E-state index is -1.55. The normalized spacial score (nSPS) is 11.6. The maximum atomic E-state index is 14.8. The van der Waals surface area contributed by atoms with Gasteiger partial charge in [-0.1, -0.05) is 6.07 Å². The third-order valence-electron chi connectivity index (χ3n) is 5.72. The van der Waals surface area contributed by atoms with Crippen LogP contribution in [0.2, 0.25) is 0 Å². The van der Waals surface area contributed by atoms with Crippen molar-refractivity contribution in [3.05, 3.63) is 99.3 Å². The van der Waals surface area contributed by atoms with Gasteiger partial charge in [-0.15, -0.1) is 0 Å². The molecule has 0 radical (unpaired) electrons. The van der Waals surface area contributed by atoms with Crippen LogP contribution in [0.1, 0.15) is 29.8 Å². The van der Waals surface area contributed by atoms with E-state index in [9.17, 15) is 27.2 Å². The molecule has 0 saturated heterocycles. The van der Waals surface area contributed by atoms with Gasteiger partial charge in [-0.2, -0.15) is 0 Å². The van der Waals surface area contributed by atoms with E-state index in [0.29, 0.717) is 11.9 Å². The third-order valence-corrected chi connectivity index (χ3v) is 5.72. The van der Waals surface area contributed by atoms with Crippen molar-refractivity contribution in [2.45, 2.75) is 19.4 Å². The van der Waals surface area contributed by atoms with Crippen LogP contribution < -0.4 is 15.6 Å². The summed E-state index contributed by atoms with van der Waals surface area (Å²) in [6.45, 7) is 2.77. The first-order chi connectivity index (χ1) is 16.9. The summed E-state index contributed by atoms with van der Waals surface area (Å²) in [6.07, 6.45) is 1.08. The Hall–Kier alpha value is -4.21. The van der Waals surface area contributed by atoms with Crippen molar-refractivity contribution in [1.82, 2.24) is 14.9 Å². The first-order valence-electron chi connectivity index (χ1n) is 10.9. The smallest absolute Gasteiger partial charge is 0.257 e. The Morgan fingerprint density at radius 2 is 1.64 bits per heavy atom. The highest BCUT2D eigenvalue weighted by atomic mass is 19.1. The van der Waals surface area contributed by atoms with Crippen molar-refractivity contribution in [1.29, 1.82) is 0 Å². The van der Waals surface area contributed by atoms with Crippen molar-refractivity contribution in [3.63, 3.8) is 0 Å². The van der Waals surface area contributed by atoms with Gasteiger partial charge in [0, 0.05) is 31.9 Å². The largest absolute Gasteiger partial charge is 0.363 e. The number of pyridine rings is 2. The van der Waals surface area contributed by atoms with E-state index in [4.69, 9.17) is 0 Å². The summed E-state index contributed by atoms with van der Waals surface area (Å²) in [6, 6.07) is 9.15. The zero-order chi connectivity index (χ0) is 26.4. The zero-order valence-electron chi connectivity index (χ0n) is 19.9. The topological polar surface area (TPSA) is 67.2 Å². The number of amides is 1. The summed E-state index contributed by atoms with van der Waals surface area (Å²) in [5, 5.41) is 2.49. The van der Waals surface area contributed by atoms with Crippen molar-refractivity contribution in [2.75, 3.05) is 19.0 Å². The molecule has 0 saturated carbocycles. The Balaban J connectivity index is 1.92. The van der Waals surface area contributed by atoms with Gasteiger partial charge in [-0.3, -0.25) is 14.2 Å². The molecular weight excluding hydrogens is 476 g/mol. The molecule has 1 N–H and O–H groups in total. The molecule has 4 rings (SSSR count). The number of halogens is 4. The Morgan fingerprint density at radius 1 is 0.972 bits per heavy atom. The SMILES string of the molecule is CN(C)c1ccc2c(=O)c(C(=O)NC(C)(C)c3c(F)cccc3F)cn(-c3ccc(F)cc3F)c2n1. The summed E-state index contributed by atoms with van der Waals surface area (Å²) in [5.41, 5.74) is -3.20. The van der Waals surface area contributed by atoms with E-state index in [1.165, 1.54) is 30.5 Å². The first-order valence-corrected chi connectivity index (χ1v) is 10.9. The molecule has 0 unspecified atom stereocenters. The molecule has 2 aromatic heterocycles. The molecule has 0 fully saturated rings. The number of carbonyl (C=O) groups is 1. The number of rotatable bonds is 5. The molecule has 4 aromatic rings. The van der Waals surface area contributed by atoms with Crippen LogP contribution in [-0.4, -0.2) is 29.6 Å². The fourth-order valence-electron chi connectivity index (χ4n) is 3.97. The second-order valence-electron chi connectivity index (χ2n) is 8.95. The molecule has 186 valence electrons. The summed E-state index contributed by atoms with van der Waals surface area (Å²) in [5.74, 6) is -3.99. The standard InChI is InChI=1S/C26H22F4N4O2/c1-26(2,22-17(28)6-5-7-18(22)29)32-25(36)16-13-34(20-10-8-14(27)12-19(20)30)24-15(23(16)35)9-11-21(31-24)33(3)4/h5-13H,1-4H3,(H,32,36). The fraction of sp³-hybridized carbons (Fsp3) is 0.192. The van der Waals surface area contributed by atoms with Crippen LogP contribution in [0.5, 0.6) is 0 Å². The Labute approximate surface area is 203 Å². The number of carbonyl (C=O) groups excluding carboxylic acids is 1. The number of anilines is 1. The minimum Gasteiger partial charge on any atom is -0.363 e. The molecule has 0 atom stereocenters. The molecule has 0 aliphatic rings. The van der Waals surface area contributed by atoms with Gasteiger partial charge in [0.05, 0.1) is 16.6 Å². The number of fused-ring (bicyclic) bond motifs is 1. The lowest BCUT2D eigenvalue weighted by atomic mass is 9.92. The van der Waals surface area contributed by atoms with Gasteiger partial charge in [0.25, 0.3) is 5.91 Å². The van der Waals surface area contributed by atoms with Crippen LogP contribution in [0.15, 0.2) is 59.5 Å². The first kappa shape index (κ1) is 24.9. The van der Waals surface area contributed by atoms with E-state index in [-0.39, 0.29) is 22.3 Å². The highest BCUT2D eigenvalue weighted by Crippen LogP contribution is 2.27. The van der Waals surface area contributed by atoms with E-state index in [2.05, 4.69) is 10.3 Å². The molecule has 6 nitrogen and oxygen atoms in total. The van der Waals surface area contributed by atoms with Gasteiger partial charge >= 0.3 is 0 Å². The van der Waals surface area contributed by atoms with Crippen LogP contribution in [0, 0.1) is 23.3 Å². The molecule has 0 aliphatic heterocycles.